The quantitative estimate of drug-likeness (QED) is 0.105. The summed E-state index contributed by atoms with van der Waals surface area (Å²) in [6.07, 6.45) is 3.00. The second-order valence-electron chi connectivity index (χ2n) is 10.2. The predicted octanol–water partition coefficient (Wildman–Crippen LogP) is 7.88. The minimum absolute atomic E-state index is 0.0555. The maximum absolute atomic E-state index is 13.3. The van der Waals surface area contributed by atoms with Crippen molar-refractivity contribution < 1.29 is 18.9 Å². The molecule has 48 heavy (non-hydrogen) atoms. The smallest absolute Gasteiger partial charge is 0.270 e. The van der Waals surface area contributed by atoms with E-state index in [0.29, 0.717) is 38.5 Å². The molecule has 2 heterocycles. The fourth-order valence-corrected chi connectivity index (χ4v) is 5.31. The number of carbonyl (C=O) groups excluding carboxylic acids is 2. The highest BCUT2D eigenvalue weighted by Gasteiger charge is 2.17. The maximum Gasteiger partial charge on any atom is 0.270 e. The second-order valence-corrected chi connectivity index (χ2v) is 11.5. The molecule has 6 aromatic rings. The molecule has 11 nitrogen and oxygen atoms in total. The van der Waals surface area contributed by atoms with Crippen LogP contribution < -0.4 is 21.8 Å². The topological polar surface area (TPSA) is 167 Å². The molecular formula is C33H21Cl3FN5O6. The molecule has 15 heteroatoms. The molecule has 6 rings (SSSR count). The number of nitrogens with one attached hydrogen (secondary N) is 4. The van der Waals surface area contributed by atoms with Crippen molar-refractivity contribution in [3.8, 4) is 0 Å². The number of fused-ring (bicyclic) bond motifs is 2. The molecule has 0 fully saturated rings. The van der Waals surface area contributed by atoms with Gasteiger partial charge in [0.2, 0.25) is 0 Å². The minimum Gasteiger partial charge on any atom is -0.329 e. The molecule has 0 saturated carbocycles. The maximum atomic E-state index is 13.3. The number of amides is 2. The average molecular weight is 709 g/mol. The fourth-order valence-electron chi connectivity index (χ4n) is 4.63. The summed E-state index contributed by atoms with van der Waals surface area (Å²) in [6.45, 7) is 1.72. The van der Waals surface area contributed by atoms with E-state index in [9.17, 15) is 33.7 Å². The number of anilines is 2. The van der Waals surface area contributed by atoms with Crippen LogP contribution in [0.15, 0.2) is 94.8 Å². The lowest BCUT2D eigenvalue weighted by Gasteiger charge is -2.10. The van der Waals surface area contributed by atoms with E-state index in [1.807, 2.05) is 0 Å². The molecule has 0 aliphatic rings. The first-order valence-corrected chi connectivity index (χ1v) is 14.9. The number of pyridine rings is 2. The molecule has 2 aromatic heterocycles. The van der Waals surface area contributed by atoms with Crippen molar-refractivity contribution in [1.29, 1.82) is 0 Å². The first-order valence-electron chi connectivity index (χ1n) is 13.8. The summed E-state index contributed by atoms with van der Waals surface area (Å²) >= 11 is 18.2. The van der Waals surface area contributed by atoms with E-state index >= 15 is 0 Å². The van der Waals surface area contributed by atoms with Crippen LogP contribution in [0.4, 0.5) is 21.5 Å². The van der Waals surface area contributed by atoms with Gasteiger partial charge in [-0.1, -0.05) is 40.9 Å². The van der Waals surface area contributed by atoms with Crippen molar-refractivity contribution in [2.75, 3.05) is 10.6 Å². The van der Waals surface area contributed by atoms with Gasteiger partial charge >= 0.3 is 0 Å². The van der Waals surface area contributed by atoms with Gasteiger partial charge in [-0.2, -0.15) is 0 Å². The Balaban J connectivity index is 0.000000188. The highest BCUT2D eigenvalue weighted by atomic mass is 35.5. The number of benzene rings is 4. The van der Waals surface area contributed by atoms with Crippen molar-refractivity contribution in [1.82, 2.24) is 9.97 Å². The second kappa shape index (κ2) is 14.1. The lowest BCUT2D eigenvalue weighted by atomic mass is 10.1. The SMILES string of the molecule is Cc1ccc(F)cc1C(=O)Nc1cc2cc[nH]c(=O)c2cc1Cl.O=C(Nc1cc2cc[nH]c(=O)c2cc1Cl)c1ccc([N+](=O)[O-])cc1Cl. The summed E-state index contributed by atoms with van der Waals surface area (Å²) in [5.74, 6) is -1.53. The molecule has 0 saturated heterocycles. The van der Waals surface area contributed by atoms with Gasteiger partial charge in [0.1, 0.15) is 5.82 Å². The molecule has 0 aliphatic heterocycles. The third-order valence-corrected chi connectivity index (χ3v) is 8.01. The molecular weight excluding hydrogens is 688 g/mol. The van der Waals surface area contributed by atoms with E-state index in [-0.39, 0.29) is 43.0 Å². The van der Waals surface area contributed by atoms with E-state index in [2.05, 4.69) is 20.6 Å². The summed E-state index contributed by atoms with van der Waals surface area (Å²) in [5.41, 5.74) is 0.819. The number of halogens is 4. The number of rotatable bonds is 5. The molecule has 0 atom stereocenters. The highest BCUT2D eigenvalue weighted by Crippen LogP contribution is 2.29. The van der Waals surface area contributed by atoms with E-state index in [1.165, 1.54) is 54.9 Å². The summed E-state index contributed by atoms with van der Waals surface area (Å²) < 4.78 is 13.3. The van der Waals surface area contributed by atoms with Crippen molar-refractivity contribution in [2.24, 2.45) is 0 Å². The Morgan fingerprint density at radius 2 is 1.23 bits per heavy atom. The van der Waals surface area contributed by atoms with Crippen LogP contribution in [0, 0.1) is 22.9 Å². The van der Waals surface area contributed by atoms with E-state index in [1.54, 1.807) is 31.2 Å². The Bertz CT molecular complexity index is 2400. The number of nitrogens with zero attached hydrogens (tertiary/aromatic N) is 1. The summed E-state index contributed by atoms with van der Waals surface area (Å²) in [4.78, 5) is 63.4. The molecule has 4 N–H and O–H groups in total. The molecule has 0 aliphatic carbocycles. The van der Waals surface area contributed by atoms with Gasteiger partial charge in [0.05, 0.1) is 36.9 Å². The molecule has 242 valence electrons. The van der Waals surface area contributed by atoms with Crippen LogP contribution in [0.1, 0.15) is 26.3 Å². The largest absolute Gasteiger partial charge is 0.329 e. The fraction of sp³-hybridized carbons (Fsp3) is 0.0303. The minimum atomic E-state index is -0.606. The lowest BCUT2D eigenvalue weighted by molar-refractivity contribution is -0.384. The van der Waals surface area contributed by atoms with E-state index in [0.717, 1.165) is 6.07 Å². The summed E-state index contributed by atoms with van der Waals surface area (Å²) in [7, 11) is 0. The lowest BCUT2D eigenvalue weighted by Crippen LogP contribution is -2.14. The van der Waals surface area contributed by atoms with Gasteiger partial charge < -0.3 is 20.6 Å². The van der Waals surface area contributed by atoms with Crippen LogP contribution >= 0.6 is 34.8 Å². The monoisotopic (exact) mass is 707 g/mol. The zero-order valence-electron chi connectivity index (χ0n) is 24.5. The molecule has 0 bridgehead atoms. The summed E-state index contributed by atoms with van der Waals surface area (Å²) in [6, 6.07) is 17.0. The van der Waals surface area contributed by atoms with Crippen LogP contribution in [0.5, 0.6) is 0 Å². The number of carbonyl (C=O) groups is 2. The number of H-pyrrole nitrogens is 2. The highest BCUT2D eigenvalue weighted by molar-refractivity contribution is 6.36. The third-order valence-electron chi connectivity index (χ3n) is 7.07. The van der Waals surface area contributed by atoms with E-state index < -0.39 is 22.6 Å². The standard InChI is InChI=1S/C17H12ClFN2O2.C16H9Cl2N3O4/c1-9-2-3-11(19)7-12(9)17(23)21-15-6-10-4-5-20-16(22)13(10)8-14(15)18;17-12-6-9(21(24)25)1-2-10(12)16(23)20-14-5-8-3-4-19-15(22)11(8)7-13(14)18/h2-8H,1H3,(H,20,22)(H,21,23);1-7H,(H,19,22)(H,20,23). The van der Waals surface area contributed by atoms with Gasteiger partial charge in [0.15, 0.2) is 0 Å². The summed E-state index contributed by atoms with van der Waals surface area (Å²) in [5, 5.41) is 18.4. The van der Waals surface area contributed by atoms with Gasteiger partial charge in [-0.25, -0.2) is 4.39 Å². The average Bonchev–Trinajstić information content (AvgIpc) is 3.04. The number of aryl methyl sites for hydroxylation is 1. The number of nitro benzene ring substituents is 1. The molecule has 0 unspecified atom stereocenters. The molecule has 0 radical (unpaired) electrons. The zero-order valence-corrected chi connectivity index (χ0v) is 26.8. The number of aromatic amines is 2. The Labute approximate surface area is 284 Å². The Hall–Kier alpha value is -5.56. The number of aromatic nitrogens is 2. The van der Waals surface area contributed by atoms with Gasteiger partial charge in [-0.3, -0.25) is 29.3 Å². The predicted molar refractivity (Wildman–Crippen MR) is 184 cm³/mol. The number of non-ortho nitro benzene ring substituents is 1. The number of hydrogen-bond donors (Lipinski definition) is 4. The van der Waals surface area contributed by atoms with Gasteiger partial charge in [0.25, 0.3) is 28.6 Å². The van der Waals surface area contributed by atoms with Gasteiger partial charge in [0, 0.05) is 40.9 Å². The van der Waals surface area contributed by atoms with Crippen LogP contribution in [-0.2, 0) is 0 Å². The molecule has 2 amide bonds. The van der Waals surface area contributed by atoms with Crippen molar-refractivity contribution in [3.63, 3.8) is 0 Å². The zero-order chi connectivity index (χ0) is 34.7. The first-order chi connectivity index (χ1) is 22.8. The van der Waals surface area contributed by atoms with Crippen molar-refractivity contribution in [2.45, 2.75) is 6.92 Å². The Kier molecular flexibility index (Phi) is 9.89. The van der Waals surface area contributed by atoms with Crippen LogP contribution in [-0.4, -0.2) is 26.7 Å². The van der Waals surface area contributed by atoms with Crippen molar-refractivity contribution >= 4 is 85.2 Å². The van der Waals surface area contributed by atoms with Gasteiger partial charge in [-0.05, 0) is 77.9 Å². The normalized spacial score (nSPS) is 10.7. The number of hydrogen-bond acceptors (Lipinski definition) is 6. The molecule has 4 aromatic carbocycles. The first kappa shape index (κ1) is 33.8. The van der Waals surface area contributed by atoms with E-state index in [4.69, 9.17) is 34.8 Å². The number of nitro groups is 1. The molecule has 0 spiro atoms. The van der Waals surface area contributed by atoms with Crippen LogP contribution in [0.25, 0.3) is 21.5 Å². The Morgan fingerprint density at radius 3 is 1.73 bits per heavy atom. The van der Waals surface area contributed by atoms with Crippen LogP contribution in [0.3, 0.4) is 0 Å². The third kappa shape index (κ3) is 7.36. The Morgan fingerprint density at radius 1 is 0.708 bits per heavy atom. The van der Waals surface area contributed by atoms with Gasteiger partial charge in [-0.15, -0.1) is 0 Å². The van der Waals surface area contributed by atoms with Crippen LogP contribution in [0.2, 0.25) is 15.1 Å². The van der Waals surface area contributed by atoms with Crippen molar-refractivity contribution in [3.05, 3.63) is 154 Å².